The van der Waals surface area contributed by atoms with E-state index in [9.17, 15) is 0 Å². The molecule has 3 rings (SSSR count). The summed E-state index contributed by atoms with van der Waals surface area (Å²) >= 11 is 1.47. The van der Waals surface area contributed by atoms with Gasteiger partial charge in [-0.05, 0) is 17.5 Å². The third-order valence-electron chi connectivity index (χ3n) is 2.90. The number of hydrogen-bond donors (Lipinski definition) is 0. The van der Waals surface area contributed by atoms with Crippen LogP contribution in [0.3, 0.4) is 0 Å². The van der Waals surface area contributed by atoms with E-state index in [1.54, 1.807) is 6.08 Å². The maximum Gasteiger partial charge on any atom is 0.270 e. The van der Waals surface area contributed by atoms with Gasteiger partial charge in [0.15, 0.2) is 0 Å². The van der Waals surface area contributed by atoms with E-state index in [0.717, 1.165) is 10.4 Å². The molecule has 1 aromatic heterocycles. The first-order chi connectivity index (χ1) is 9.83. The Morgan fingerprint density at radius 3 is 2.75 bits per heavy atom. The summed E-state index contributed by atoms with van der Waals surface area (Å²) in [5, 5.41) is 11.0. The number of allylic oxidation sites excluding steroid dienone is 3. The molecule has 0 bridgehead atoms. The average molecular weight is 276 g/mol. The van der Waals surface area contributed by atoms with Crippen LogP contribution in [0.4, 0.5) is 0 Å². The van der Waals surface area contributed by atoms with Crippen molar-refractivity contribution in [3.8, 4) is 11.8 Å². The molecule has 0 saturated heterocycles. The quantitative estimate of drug-likeness (QED) is 0.574. The number of ether oxygens (including phenoxy) is 1. The second-order valence-electron chi connectivity index (χ2n) is 4.08. The van der Waals surface area contributed by atoms with E-state index < -0.39 is 0 Å². The zero-order valence-corrected chi connectivity index (χ0v) is 11.1. The van der Waals surface area contributed by atoms with Gasteiger partial charge >= 0.3 is 0 Å². The molecule has 0 unspecified atom stereocenters. The van der Waals surface area contributed by atoms with Gasteiger partial charge in [-0.25, -0.2) is 10.1 Å². The van der Waals surface area contributed by atoms with E-state index in [4.69, 9.17) is 16.6 Å². The molecule has 1 aliphatic rings. The molecular weight excluding hydrogens is 268 g/mol. The van der Waals surface area contributed by atoms with Crippen LogP contribution < -0.4 is 4.74 Å². The van der Waals surface area contributed by atoms with Gasteiger partial charge < -0.3 is 4.74 Å². The molecule has 0 N–H and O–H groups in total. The molecule has 2 heterocycles. The highest BCUT2D eigenvalue weighted by atomic mass is 32.1. The topological polar surface area (TPSA) is 37.4 Å². The lowest BCUT2D eigenvalue weighted by Gasteiger charge is -2.17. The Bertz CT molecular complexity index is 785. The second-order valence-corrected chi connectivity index (χ2v) is 4.99. The zero-order valence-electron chi connectivity index (χ0n) is 10.3. The van der Waals surface area contributed by atoms with Crippen molar-refractivity contribution in [3.05, 3.63) is 75.4 Å². The summed E-state index contributed by atoms with van der Waals surface area (Å²) in [7, 11) is 0. The summed E-state index contributed by atoms with van der Waals surface area (Å²) in [6, 6.07) is 13.5. The molecule has 0 saturated carbocycles. The Morgan fingerprint density at radius 2 is 2.05 bits per heavy atom. The fourth-order valence-electron chi connectivity index (χ4n) is 1.98. The normalized spacial score (nSPS) is 15.2. The molecule has 0 radical (unpaired) electrons. The lowest BCUT2D eigenvalue weighted by Crippen LogP contribution is -2.02. The van der Waals surface area contributed by atoms with E-state index in [-0.39, 0.29) is 5.70 Å². The van der Waals surface area contributed by atoms with Crippen LogP contribution in [0.25, 0.3) is 16.2 Å². The van der Waals surface area contributed by atoms with Gasteiger partial charge in [-0.2, -0.15) is 0 Å². The number of nitrogens with zero attached hydrogens (tertiary/aromatic N) is 2. The van der Waals surface area contributed by atoms with Crippen LogP contribution in [0.5, 0.6) is 5.75 Å². The minimum absolute atomic E-state index is 0.0884. The summed E-state index contributed by atoms with van der Waals surface area (Å²) in [5.41, 5.74) is 1.65. The Labute approximate surface area is 120 Å². The maximum atomic E-state index is 9.11. The molecule has 0 spiro atoms. The van der Waals surface area contributed by atoms with E-state index >= 15 is 0 Å². The van der Waals surface area contributed by atoms with Crippen molar-refractivity contribution in [3.63, 3.8) is 0 Å². The predicted molar refractivity (Wildman–Crippen MR) is 78.5 cm³/mol. The van der Waals surface area contributed by atoms with Crippen molar-refractivity contribution in [2.24, 2.45) is 0 Å². The Hall–Kier alpha value is -2.82. The van der Waals surface area contributed by atoms with Crippen molar-refractivity contribution in [1.29, 1.82) is 5.26 Å². The molecule has 0 atom stereocenters. The highest BCUT2D eigenvalue weighted by molar-refractivity contribution is 7.11. The first kappa shape index (κ1) is 12.2. The number of rotatable bonds is 1. The third-order valence-corrected chi connectivity index (χ3v) is 3.83. The number of hydrogen-bond acceptors (Lipinski definition) is 3. The van der Waals surface area contributed by atoms with Crippen LogP contribution in [0.15, 0.2) is 53.6 Å². The lowest BCUT2D eigenvalue weighted by atomic mass is 10.1. The van der Waals surface area contributed by atoms with Crippen LogP contribution in [-0.2, 0) is 0 Å². The minimum atomic E-state index is 0.0884. The second kappa shape index (κ2) is 5.05. The fraction of sp³-hybridized carbons (Fsp3) is 0. The minimum Gasteiger partial charge on any atom is -0.455 e. The molecule has 1 aromatic carbocycles. The number of fused-ring (bicyclic) bond motifs is 1. The molecule has 1 aliphatic heterocycles. The van der Waals surface area contributed by atoms with Crippen LogP contribution in [0.1, 0.15) is 10.4 Å². The number of benzene rings is 1. The Morgan fingerprint density at radius 1 is 1.25 bits per heavy atom. The average Bonchev–Trinajstić information content (AvgIpc) is 2.97. The highest BCUT2D eigenvalue weighted by Gasteiger charge is 2.22. The predicted octanol–water partition coefficient (Wildman–Crippen LogP) is 4.34. The van der Waals surface area contributed by atoms with Crippen LogP contribution in [0.2, 0.25) is 0 Å². The van der Waals surface area contributed by atoms with Crippen LogP contribution in [0, 0.1) is 17.9 Å². The van der Waals surface area contributed by atoms with E-state index in [1.807, 2.05) is 47.8 Å². The molecule has 20 heavy (non-hydrogen) atoms. The molecule has 0 fully saturated rings. The van der Waals surface area contributed by atoms with Gasteiger partial charge in [-0.1, -0.05) is 30.3 Å². The number of nitriles is 1. The molecule has 94 valence electrons. The molecule has 2 aromatic rings. The van der Waals surface area contributed by atoms with Crippen molar-refractivity contribution < 1.29 is 4.74 Å². The Balaban J connectivity index is 2.20. The summed E-state index contributed by atoms with van der Waals surface area (Å²) < 4.78 is 5.85. The monoisotopic (exact) mass is 276 g/mol. The van der Waals surface area contributed by atoms with E-state index in [2.05, 4.69) is 4.85 Å². The number of thiophene rings is 1. The van der Waals surface area contributed by atoms with Crippen molar-refractivity contribution in [2.45, 2.75) is 0 Å². The molecular formula is C16H8N2OS. The summed E-state index contributed by atoms with van der Waals surface area (Å²) in [4.78, 5) is 4.14. The van der Waals surface area contributed by atoms with Crippen molar-refractivity contribution in [1.82, 2.24) is 0 Å². The molecule has 4 heteroatoms. The Kier molecular flexibility index (Phi) is 3.09. The van der Waals surface area contributed by atoms with Crippen molar-refractivity contribution >= 4 is 22.7 Å². The SMILES string of the molecule is [C-]#[N+]/C(C#N)=C1\C=C(c2ccccc2)Oc2ccsc21. The lowest BCUT2D eigenvalue weighted by molar-refractivity contribution is 0.512. The largest absolute Gasteiger partial charge is 0.455 e. The summed E-state index contributed by atoms with van der Waals surface area (Å²) in [6.07, 6.45) is 1.77. The molecule has 0 amide bonds. The highest BCUT2D eigenvalue weighted by Crippen LogP contribution is 2.41. The first-order valence-corrected chi connectivity index (χ1v) is 6.76. The van der Waals surface area contributed by atoms with Gasteiger partial charge in [0.05, 0.1) is 17.5 Å². The fourth-order valence-corrected chi connectivity index (χ4v) is 2.82. The van der Waals surface area contributed by atoms with Gasteiger partial charge in [0.2, 0.25) is 0 Å². The van der Waals surface area contributed by atoms with Gasteiger partial charge in [0.1, 0.15) is 11.5 Å². The van der Waals surface area contributed by atoms with Gasteiger partial charge in [0, 0.05) is 11.1 Å². The molecule has 0 aliphatic carbocycles. The summed E-state index contributed by atoms with van der Waals surface area (Å²) in [5.74, 6) is 1.35. The first-order valence-electron chi connectivity index (χ1n) is 5.88. The van der Waals surface area contributed by atoms with E-state index in [1.165, 1.54) is 11.3 Å². The van der Waals surface area contributed by atoms with Crippen LogP contribution >= 0.6 is 11.3 Å². The maximum absolute atomic E-state index is 9.11. The smallest absolute Gasteiger partial charge is 0.270 e. The van der Waals surface area contributed by atoms with Crippen molar-refractivity contribution in [2.75, 3.05) is 0 Å². The van der Waals surface area contributed by atoms with E-state index in [0.29, 0.717) is 17.1 Å². The van der Waals surface area contributed by atoms with Gasteiger partial charge in [-0.3, -0.25) is 0 Å². The van der Waals surface area contributed by atoms with Gasteiger partial charge in [-0.15, -0.1) is 11.3 Å². The van der Waals surface area contributed by atoms with Gasteiger partial charge in [0.25, 0.3) is 5.70 Å². The standard InChI is InChI=1S/C16H8N2OS/c1-18-13(10-17)12-9-15(11-5-3-2-4-6-11)19-14-7-8-20-16(12)14/h2-9H/b13-12+. The third kappa shape index (κ3) is 1.99. The zero-order chi connectivity index (χ0) is 13.9. The summed E-state index contributed by atoms with van der Waals surface area (Å²) in [6.45, 7) is 7.14. The van der Waals surface area contributed by atoms with Crippen LogP contribution in [-0.4, -0.2) is 0 Å². The molecule has 3 nitrogen and oxygen atoms in total.